The van der Waals surface area contributed by atoms with Crippen molar-refractivity contribution in [2.24, 2.45) is 0 Å². The van der Waals surface area contributed by atoms with Crippen LogP contribution in [0, 0.1) is 0 Å². The van der Waals surface area contributed by atoms with Crippen molar-refractivity contribution in [1.29, 1.82) is 0 Å². The lowest BCUT2D eigenvalue weighted by atomic mass is 10.2. The normalized spacial score (nSPS) is 11.5. The van der Waals surface area contributed by atoms with Gasteiger partial charge in [0, 0.05) is 0 Å². The lowest BCUT2D eigenvalue weighted by Gasteiger charge is -2.26. The first kappa shape index (κ1) is 12.0. The summed E-state index contributed by atoms with van der Waals surface area (Å²) in [4.78, 5) is 11.8. The summed E-state index contributed by atoms with van der Waals surface area (Å²) < 4.78 is 5.59. The van der Waals surface area contributed by atoms with Crippen LogP contribution >= 0.6 is 0 Å². The molecular weight excluding hydrogens is 204 g/mol. The number of hydrogen-bond acceptors (Lipinski definition) is 2. The van der Waals surface area contributed by atoms with Gasteiger partial charge in [0.1, 0.15) is 0 Å². The molecule has 0 radical (unpaired) electrons. The summed E-state index contributed by atoms with van der Waals surface area (Å²) in [5.74, 6) is -0.194. The topological polar surface area (TPSA) is 26.3 Å². The van der Waals surface area contributed by atoms with Gasteiger partial charge in [0.15, 0.2) is 0 Å². The van der Waals surface area contributed by atoms with E-state index in [9.17, 15) is 4.79 Å². The van der Waals surface area contributed by atoms with E-state index >= 15 is 0 Å². The van der Waals surface area contributed by atoms with Crippen molar-refractivity contribution in [3.63, 3.8) is 0 Å². The van der Waals surface area contributed by atoms with Crippen LogP contribution in [0.1, 0.15) is 24.2 Å². The Hall–Kier alpha value is -1.09. The van der Waals surface area contributed by atoms with Crippen LogP contribution in [0.3, 0.4) is 0 Å². The summed E-state index contributed by atoms with van der Waals surface area (Å²) in [6.07, 6.45) is 0. The van der Waals surface area contributed by atoms with E-state index in [4.69, 9.17) is 4.43 Å². The van der Waals surface area contributed by atoms with Gasteiger partial charge >= 0.3 is 5.97 Å². The summed E-state index contributed by atoms with van der Waals surface area (Å²) in [6, 6.07) is 9.16. The number of benzene rings is 1. The lowest BCUT2D eigenvalue weighted by Crippen LogP contribution is -2.36. The van der Waals surface area contributed by atoms with Crippen LogP contribution in [0.15, 0.2) is 30.3 Å². The third kappa shape index (κ3) is 3.20. The monoisotopic (exact) mass is 222 g/mol. The molecule has 0 aliphatic carbocycles. The van der Waals surface area contributed by atoms with E-state index in [2.05, 4.69) is 26.9 Å². The van der Waals surface area contributed by atoms with Gasteiger partial charge in [-0.3, -0.25) is 0 Å². The van der Waals surface area contributed by atoms with Crippen LogP contribution in [0.5, 0.6) is 0 Å². The van der Waals surface area contributed by atoms with Gasteiger partial charge < -0.3 is 4.43 Å². The van der Waals surface area contributed by atoms with E-state index < -0.39 is 8.32 Å². The Kier molecular flexibility index (Phi) is 3.69. The summed E-state index contributed by atoms with van der Waals surface area (Å²) >= 11 is 0. The molecule has 0 spiro atoms. The molecule has 2 nitrogen and oxygen atoms in total. The maximum Gasteiger partial charge on any atom is 0.324 e. The van der Waals surface area contributed by atoms with Crippen LogP contribution in [0.4, 0.5) is 0 Å². The fourth-order valence-corrected chi connectivity index (χ4v) is 1.82. The molecule has 1 aromatic rings. The van der Waals surface area contributed by atoms with Crippen LogP contribution in [-0.2, 0) is 4.43 Å². The zero-order chi connectivity index (χ0) is 11.5. The molecule has 0 bridgehead atoms. The third-order valence-electron chi connectivity index (χ3n) is 2.76. The minimum atomic E-state index is -1.88. The average molecular weight is 222 g/mol. The highest BCUT2D eigenvalue weighted by Crippen LogP contribution is 2.22. The van der Waals surface area contributed by atoms with Crippen LogP contribution < -0.4 is 0 Å². The first-order valence-electron chi connectivity index (χ1n) is 5.22. The summed E-state index contributed by atoms with van der Waals surface area (Å²) in [7, 11) is -1.88. The molecule has 0 saturated heterocycles. The third-order valence-corrected chi connectivity index (χ3v) is 6.25. The molecule has 0 unspecified atom stereocenters. The van der Waals surface area contributed by atoms with Gasteiger partial charge in [-0.1, -0.05) is 32.0 Å². The molecule has 3 heteroatoms. The zero-order valence-electron chi connectivity index (χ0n) is 9.78. The van der Waals surface area contributed by atoms with E-state index in [0.29, 0.717) is 11.1 Å². The van der Waals surface area contributed by atoms with Gasteiger partial charge in [-0.05, 0) is 30.8 Å². The van der Waals surface area contributed by atoms with Crippen molar-refractivity contribution >= 4 is 14.3 Å². The van der Waals surface area contributed by atoms with Crippen LogP contribution in [0.25, 0.3) is 0 Å². The Bertz CT molecular complexity index is 331. The van der Waals surface area contributed by atoms with Gasteiger partial charge in [-0.2, -0.15) is 0 Å². The van der Waals surface area contributed by atoms with Crippen LogP contribution in [0.2, 0.25) is 18.6 Å². The van der Waals surface area contributed by atoms with Gasteiger partial charge in [0.25, 0.3) is 8.32 Å². The molecule has 15 heavy (non-hydrogen) atoms. The van der Waals surface area contributed by atoms with Crippen molar-refractivity contribution in [3.8, 4) is 0 Å². The van der Waals surface area contributed by atoms with E-state index in [1.165, 1.54) is 0 Å². The molecule has 1 rings (SSSR count). The van der Waals surface area contributed by atoms with Crippen LogP contribution in [-0.4, -0.2) is 14.3 Å². The second-order valence-electron chi connectivity index (χ2n) is 4.51. The fourth-order valence-electron chi connectivity index (χ4n) is 0.990. The molecule has 0 aromatic heterocycles. The highest BCUT2D eigenvalue weighted by Gasteiger charge is 2.31. The summed E-state index contributed by atoms with van der Waals surface area (Å²) in [5.41, 5.74) is 1.07. The largest absolute Gasteiger partial charge is 0.516 e. The molecule has 82 valence electrons. The lowest BCUT2D eigenvalue weighted by molar-refractivity contribution is 0.0719. The first-order chi connectivity index (χ1) is 6.93. The zero-order valence-corrected chi connectivity index (χ0v) is 10.8. The predicted molar refractivity (Wildman–Crippen MR) is 64.4 cm³/mol. The Morgan fingerprint density at radius 3 is 2.20 bits per heavy atom. The van der Waals surface area contributed by atoms with Crippen molar-refractivity contribution < 1.29 is 9.22 Å². The number of carbonyl (C=O) groups excluding carboxylic acids is 1. The molecular formula is C12H18O2Si. The van der Waals surface area contributed by atoms with Gasteiger partial charge in [0.2, 0.25) is 0 Å². The highest BCUT2D eigenvalue weighted by atomic mass is 28.4. The van der Waals surface area contributed by atoms with Crippen molar-refractivity contribution in [2.75, 3.05) is 0 Å². The number of hydrogen-bond donors (Lipinski definition) is 0. The van der Waals surface area contributed by atoms with Gasteiger partial charge in [-0.15, -0.1) is 0 Å². The smallest absolute Gasteiger partial charge is 0.324 e. The molecule has 0 N–H and O–H groups in total. The first-order valence-corrected chi connectivity index (χ1v) is 8.20. The number of carbonyl (C=O) groups is 1. The predicted octanol–water partition coefficient (Wildman–Crippen LogP) is 3.46. The standard InChI is InChI=1S/C12H18O2Si/c1-10(2)15(3,4)14-12(13)11-8-6-5-7-9-11/h5-10H,1-4H3. The highest BCUT2D eigenvalue weighted by molar-refractivity contribution is 6.74. The Morgan fingerprint density at radius 2 is 1.73 bits per heavy atom. The fraction of sp³-hybridized carbons (Fsp3) is 0.417. The molecule has 0 aliphatic heterocycles. The molecule has 1 aromatic carbocycles. The quantitative estimate of drug-likeness (QED) is 0.732. The molecule has 0 saturated carbocycles. The molecule has 0 fully saturated rings. The minimum absolute atomic E-state index is 0.194. The SMILES string of the molecule is CC(C)[Si](C)(C)OC(=O)c1ccccc1. The maximum atomic E-state index is 11.8. The Balaban J connectivity index is 2.73. The Morgan fingerprint density at radius 1 is 1.20 bits per heavy atom. The van der Waals surface area contributed by atoms with Gasteiger partial charge in [0.05, 0.1) is 5.56 Å². The molecule has 0 aliphatic rings. The molecule has 0 heterocycles. The van der Waals surface area contributed by atoms with E-state index in [1.54, 1.807) is 12.1 Å². The van der Waals surface area contributed by atoms with E-state index in [-0.39, 0.29) is 5.97 Å². The second-order valence-corrected chi connectivity index (χ2v) is 9.08. The number of rotatable bonds is 3. The summed E-state index contributed by atoms with van der Waals surface area (Å²) in [5, 5.41) is 0. The van der Waals surface area contributed by atoms with Crippen molar-refractivity contribution in [2.45, 2.75) is 32.5 Å². The van der Waals surface area contributed by atoms with Gasteiger partial charge in [-0.25, -0.2) is 4.79 Å². The van der Waals surface area contributed by atoms with Crippen molar-refractivity contribution in [1.82, 2.24) is 0 Å². The Labute approximate surface area is 92.4 Å². The van der Waals surface area contributed by atoms with E-state index in [1.807, 2.05) is 18.2 Å². The minimum Gasteiger partial charge on any atom is -0.516 e. The molecule has 0 amide bonds. The van der Waals surface area contributed by atoms with E-state index in [0.717, 1.165) is 0 Å². The molecule has 0 atom stereocenters. The average Bonchev–Trinajstić information content (AvgIpc) is 2.18. The second kappa shape index (κ2) is 4.62. The van der Waals surface area contributed by atoms with Crippen molar-refractivity contribution in [3.05, 3.63) is 35.9 Å². The maximum absolute atomic E-state index is 11.8. The summed E-state index contributed by atoms with van der Waals surface area (Å²) in [6.45, 7) is 8.34.